The Morgan fingerprint density at radius 1 is 1.00 bits per heavy atom. The summed E-state index contributed by atoms with van der Waals surface area (Å²) in [6.45, 7) is 4.48. The molecule has 2 N–H and O–H groups in total. The number of amides is 2. The van der Waals surface area contributed by atoms with Crippen LogP contribution < -0.4 is 5.32 Å². The Balaban J connectivity index is 1.43. The molecule has 1 aromatic rings. The van der Waals surface area contributed by atoms with Crippen LogP contribution in [0.2, 0.25) is 0 Å². The normalized spacial score (nSPS) is 19.0. The maximum Gasteiger partial charge on any atom is 0.253 e. The number of aromatic hydroxyl groups is 1. The van der Waals surface area contributed by atoms with Gasteiger partial charge in [-0.1, -0.05) is 0 Å². The summed E-state index contributed by atoms with van der Waals surface area (Å²) in [5.74, 6) is 1.00. The van der Waals surface area contributed by atoms with Crippen LogP contribution in [0.4, 0.5) is 0 Å². The van der Waals surface area contributed by atoms with Crippen LogP contribution >= 0.6 is 0 Å². The van der Waals surface area contributed by atoms with Gasteiger partial charge in [-0.15, -0.1) is 0 Å². The summed E-state index contributed by atoms with van der Waals surface area (Å²) in [6.07, 6.45) is 3.94. The molecule has 0 saturated carbocycles. The number of benzene rings is 1. The summed E-state index contributed by atoms with van der Waals surface area (Å²) in [4.78, 5) is 28.5. The van der Waals surface area contributed by atoms with Crippen molar-refractivity contribution in [3.63, 3.8) is 0 Å². The molecule has 0 spiro atoms. The average Bonchev–Trinajstić information content (AvgIpc) is 2.67. The number of nitrogens with zero attached hydrogens (tertiary/aromatic N) is 2. The summed E-state index contributed by atoms with van der Waals surface area (Å²) >= 11 is 0. The lowest BCUT2D eigenvalue weighted by Gasteiger charge is -2.35. The quantitative estimate of drug-likeness (QED) is 0.866. The van der Waals surface area contributed by atoms with Crippen LogP contribution in [0, 0.1) is 5.92 Å². The number of piperidine rings is 1. The highest BCUT2D eigenvalue weighted by Crippen LogP contribution is 2.19. The molecule has 1 aromatic carbocycles. The molecular weight excluding hydrogens is 318 g/mol. The summed E-state index contributed by atoms with van der Waals surface area (Å²) in [5, 5.41) is 12.7. The summed E-state index contributed by atoms with van der Waals surface area (Å²) in [6, 6.07) is 6.31. The van der Waals surface area contributed by atoms with Gasteiger partial charge in [-0.05, 0) is 62.5 Å². The number of carbonyl (C=O) groups excluding carboxylic acids is 2. The standard InChI is InChI=1S/C19H27N3O3/c23-17-4-2-16(3-5-17)19(25)22-13-11-21(12-14-22)18(24)6-1-15-7-9-20-10-8-15/h2-5,15,20,23H,1,6-14H2. The van der Waals surface area contributed by atoms with E-state index in [2.05, 4.69) is 5.32 Å². The van der Waals surface area contributed by atoms with E-state index in [9.17, 15) is 14.7 Å². The Morgan fingerprint density at radius 3 is 2.24 bits per heavy atom. The summed E-state index contributed by atoms with van der Waals surface area (Å²) in [7, 11) is 0. The van der Waals surface area contributed by atoms with Crippen molar-refractivity contribution in [2.24, 2.45) is 5.92 Å². The fourth-order valence-electron chi connectivity index (χ4n) is 3.60. The minimum absolute atomic E-state index is 0.0400. The van der Waals surface area contributed by atoms with Gasteiger partial charge in [0.05, 0.1) is 0 Å². The van der Waals surface area contributed by atoms with Crippen molar-refractivity contribution < 1.29 is 14.7 Å². The molecule has 2 amide bonds. The largest absolute Gasteiger partial charge is 0.508 e. The van der Waals surface area contributed by atoms with Crippen molar-refractivity contribution in [1.29, 1.82) is 0 Å². The first-order valence-electron chi connectivity index (χ1n) is 9.20. The molecule has 0 radical (unpaired) electrons. The molecule has 3 rings (SSSR count). The molecule has 6 nitrogen and oxygen atoms in total. The zero-order chi connectivity index (χ0) is 17.6. The number of phenols is 1. The van der Waals surface area contributed by atoms with Crippen molar-refractivity contribution in [2.75, 3.05) is 39.3 Å². The van der Waals surface area contributed by atoms with E-state index in [1.165, 1.54) is 25.0 Å². The Hall–Kier alpha value is -2.08. The van der Waals surface area contributed by atoms with E-state index in [1.807, 2.05) is 4.90 Å². The van der Waals surface area contributed by atoms with Gasteiger partial charge in [0.2, 0.25) is 5.91 Å². The lowest BCUT2D eigenvalue weighted by Crippen LogP contribution is -2.50. The van der Waals surface area contributed by atoms with Gasteiger partial charge in [0.1, 0.15) is 5.75 Å². The molecule has 6 heteroatoms. The molecule has 25 heavy (non-hydrogen) atoms. The van der Waals surface area contributed by atoms with E-state index in [-0.39, 0.29) is 17.6 Å². The third kappa shape index (κ3) is 4.72. The van der Waals surface area contributed by atoms with Crippen LogP contribution in [0.5, 0.6) is 5.75 Å². The molecule has 0 unspecified atom stereocenters. The minimum atomic E-state index is -0.0400. The summed E-state index contributed by atoms with van der Waals surface area (Å²) < 4.78 is 0. The van der Waals surface area contributed by atoms with Crippen LogP contribution in [0.1, 0.15) is 36.0 Å². The molecule has 0 bridgehead atoms. The predicted octanol–water partition coefficient (Wildman–Crippen LogP) is 1.46. The van der Waals surface area contributed by atoms with E-state index in [1.54, 1.807) is 17.0 Å². The first-order valence-corrected chi connectivity index (χ1v) is 9.20. The van der Waals surface area contributed by atoms with Crippen molar-refractivity contribution in [1.82, 2.24) is 15.1 Å². The number of phenolic OH excluding ortho intramolecular Hbond substituents is 1. The molecule has 2 aliphatic rings. The van der Waals surface area contributed by atoms with Gasteiger partial charge in [0, 0.05) is 38.2 Å². The minimum Gasteiger partial charge on any atom is -0.508 e. The second-order valence-electron chi connectivity index (χ2n) is 6.95. The Kier molecular flexibility index (Phi) is 5.91. The van der Waals surface area contributed by atoms with Crippen molar-refractivity contribution in [3.05, 3.63) is 29.8 Å². The molecule has 136 valence electrons. The molecule has 2 fully saturated rings. The van der Waals surface area contributed by atoms with Crippen molar-refractivity contribution >= 4 is 11.8 Å². The van der Waals surface area contributed by atoms with E-state index >= 15 is 0 Å². The van der Waals surface area contributed by atoms with E-state index in [0.29, 0.717) is 44.1 Å². The maximum atomic E-state index is 12.5. The predicted molar refractivity (Wildman–Crippen MR) is 95.4 cm³/mol. The highest BCUT2D eigenvalue weighted by atomic mass is 16.3. The average molecular weight is 345 g/mol. The molecule has 2 saturated heterocycles. The first-order chi connectivity index (χ1) is 12.1. The van der Waals surface area contributed by atoms with Crippen LogP contribution in [0.15, 0.2) is 24.3 Å². The lowest BCUT2D eigenvalue weighted by molar-refractivity contribution is -0.133. The molecule has 0 aliphatic carbocycles. The summed E-state index contributed by atoms with van der Waals surface area (Å²) in [5.41, 5.74) is 0.573. The Labute approximate surface area is 148 Å². The fraction of sp³-hybridized carbons (Fsp3) is 0.579. The molecule has 0 atom stereocenters. The SMILES string of the molecule is O=C(CCC1CCNCC1)N1CCN(C(=O)c2ccc(O)cc2)CC1. The van der Waals surface area contributed by atoms with Gasteiger partial charge in [-0.25, -0.2) is 0 Å². The second kappa shape index (κ2) is 8.34. The van der Waals surface area contributed by atoms with Crippen molar-refractivity contribution in [3.8, 4) is 5.75 Å². The van der Waals surface area contributed by atoms with Crippen molar-refractivity contribution in [2.45, 2.75) is 25.7 Å². The molecule has 2 aliphatic heterocycles. The topological polar surface area (TPSA) is 72.9 Å². The smallest absolute Gasteiger partial charge is 0.253 e. The van der Waals surface area contributed by atoms with Crippen LogP contribution in [-0.4, -0.2) is 66.0 Å². The zero-order valence-corrected chi connectivity index (χ0v) is 14.6. The zero-order valence-electron chi connectivity index (χ0n) is 14.6. The van der Waals surface area contributed by atoms with Gasteiger partial charge in [-0.2, -0.15) is 0 Å². The van der Waals surface area contributed by atoms with Gasteiger partial charge in [0.15, 0.2) is 0 Å². The molecular formula is C19H27N3O3. The number of carbonyl (C=O) groups is 2. The van der Waals surface area contributed by atoms with Crippen LogP contribution in [0.3, 0.4) is 0 Å². The van der Waals surface area contributed by atoms with E-state index < -0.39 is 0 Å². The van der Waals surface area contributed by atoms with Crippen LogP contribution in [-0.2, 0) is 4.79 Å². The van der Waals surface area contributed by atoms with Gasteiger partial charge >= 0.3 is 0 Å². The number of rotatable bonds is 4. The number of hydrogen-bond acceptors (Lipinski definition) is 4. The second-order valence-corrected chi connectivity index (χ2v) is 6.95. The number of piperazine rings is 1. The van der Waals surface area contributed by atoms with E-state index in [4.69, 9.17) is 0 Å². The lowest BCUT2D eigenvalue weighted by atomic mass is 9.93. The maximum absolute atomic E-state index is 12.5. The highest BCUT2D eigenvalue weighted by Gasteiger charge is 2.25. The number of hydrogen-bond donors (Lipinski definition) is 2. The Bertz CT molecular complexity index is 588. The third-order valence-corrected chi connectivity index (χ3v) is 5.26. The Morgan fingerprint density at radius 2 is 1.60 bits per heavy atom. The molecule has 0 aromatic heterocycles. The third-order valence-electron chi connectivity index (χ3n) is 5.26. The highest BCUT2D eigenvalue weighted by molar-refractivity contribution is 5.94. The fourth-order valence-corrected chi connectivity index (χ4v) is 3.60. The number of nitrogens with one attached hydrogen (secondary N) is 1. The first kappa shape index (κ1) is 17.7. The molecule has 2 heterocycles. The monoisotopic (exact) mass is 345 g/mol. The van der Waals surface area contributed by atoms with Gasteiger partial charge < -0.3 is 20.2 Å². The van der Waals surface area contributed by atoms with Gasteiger partial charge in [-0.3, -0.25) is 9.59 Å². The van der Waals surface area contributed by atoms with Gasteiger partial charge in [0.25, 0.3) is 5.91 Å². The van der Waals surface area contributed by atoms with Crippen LogP contribution in [0.25, 0.3) is 0 Å². The van der Waals surface area contributed by atoms with E-state index in [0.717, 1.165) is 19.5 Å².